The highest BCUT2D eigenvalue weighted by Crippen LogP contribution is 2.34. The fraction of sp³-hybridized carbons (Fsp3) is 0.526. The van der Waals surface area contributed by atoms with Gasteiger partial charge in [-0.15, -0.1) is 0 Å². The van der Waals surface area contributed by atoms with Gasteiger partial charge in [-0.1, -0.05) is 26.0 Å². The van der Waals surface area contributed by atoms with Crippen LogP contribution >= 0.6 is 0 Å². The van der Waals surface area contributed by atoms with Crippen LogP contribution in [0.15, 0.2) is 35.2 Å². The average molecular weight is 365 g/mol. The second-order valence-corrected chi connectivity index (χ2v) is 8.46. The van der Waals surface area contributed by atoms with E-state index in [9.17, 15) is 13.2 Å². The van der Waals surface area contributed by atoms with Crippen molar-refractivity contribution in [3.05, 3.63) is 35.9 Å². The molecular formula is C19H28N2O3S. The van der Waals surface area contributed by atoms with E-state index in [4.69, 9.17) is 0 Å². The average Bonchev–Trinajstić information content (AvgIpc) is 3.44. The van der Waals surface area contributed by atoms with Crippen LogP contribution < -0.4 is 0 Å². The molecule has 1 aliphatic carbocycles. The van der Waals surface area contributed by atoms with E-state index in [1.807, 2.05) is 20.9 Å². The Hall–Kier alpha value is -1.66. The Kier molecular flexibility index (Phi) is 6.41. The third-order valence-corrected chi connectivity index (χ3v) is 6.97. The van der Waals surface area contributed by atoms with Crippen molar-refractivity contribution in [3.63, 3.8) is 0 Å². The van der Waals surface area contributed by atoms with Crippen molar-refractivity contribution in [2.24, 2.45) is 5.92 Å². The van der Waals surface area contributed by atoms with Gasteiger partial charge < -0.3 is 4.90 Å². The third-order valence-electron chi connectivity index (χ3n) is 4.90. The van der Waals surface area contributed by atoms with Gasteiger partial charge in [0.1, 0.15) is 0 Å². The molecular weight excluding hydrogens is 336 g/mol. The lowest BCUT2D eigenvalue weighted by atomic mass is 10.1. The van der Waals surface area contributed by atoms with Gasteiger partial charge in [-0.25, -0.2) is 8.42 Å². The second kappa shape index (κ2) is 8.15. The Balaban J connectivity index is 2.05. The number of rotatable bonds is 8. The quantitative estimate of drug-likeness (QED) is 0.666. The van der Waals surface area contributed by atoms with Gasteiger partial charge in [-0.2, -0.15) is 4.31 Å². The van der Waals surface area contributed by atoms with Crippen LogP contribution in [0.5, 0.6) is 0 Å². The Morgan fingerprint density at radius 3 is 2.24 bits per heavy atom. The normalized spacial score (nSPS) is 16.4. The predicted octanol–water partition coefficient (Wildman–Crippen LogP) is 2.99. The monoisotopic (exact) mass is 364 g/mol. The first-order valence-electron chi connectivity index (χ1n) is 8.86. The zero-order chi connectivity index (χ0) is 18.6. The lowest BCUT2D eigenvalue weighted by Crippen LogP contribution is -2.35. The molecule has 0 heterocycles. The summed E-state index contributed by atoms with van der Waals surface area (Å²) in [5, 5.41) is 0. The number of hydrogen-bond acceptors (Lipinski definition) is 3. The van der Waals surface area contributed by atoms with Gasteiger partial charge in [-0.05, 0) is 49.5 Å². The number of carbonyl (C=O) groups is 1. The Morgan fingerprint density at radius 1 is 1.20 bits per heavy atom. The smallest absolute Gasteiger partial charge is 0.246 e. The summed E-state index contributed by atoms with van der Waals surface area (Å²) in [6.45, 7) is 6.61. The first-order valence-corrected chi connectivity index (χ1v) is 10.3. The highest BCUT2D eigenvalue weighted by atomic mass is 32.2. The van der Waals surface area contributed by atoms with E-state index in [-0.39, 0.29) is 16.8 Å². The summed E-state index contributed by atoms with van der Waals surface area (Å²) in [6, 6.07) is 6.90. The van der Waals surface area contributed by atoms with Gasteiger partial charge >= 0.3 is 0 Å². The molecule has 1 saturated carbocycles. The number of amides is 1. The summed E-state index contributed by atoms with van der Waals surface area (Å²) in [5.41, 5.74) is 0.805. The van der Waals surface area contributed by atoms with Gasteiger partial charge in [0.25, 0.3) is 0 Å². The summed E-state index contributed by atoms with van der Waals surface area (Å²) in [4.78, 5) is 14.3. The number of hydrogen-bond donors (Lipinski definition) is 0. The lowest BCUT2D eigenvalue weighted by Gasteiger charge is -2.23. The van der Waals surface area contributed by atoms with Crippen LogP contribution in [0, 0.1) is 5.92 Å². The molecule has 0 N–H and O–H groups in total. The molecule has 1 aliphatic rings. The molecule has 1 fully saturated rings. The van der Waals surface area contributed by atoms with Crippen molar-refractivity contribution in [2.75, 3.05) is 20.1 Å². The van der Waals surface area contributed by atoms with Crippen LogP contribution in [0.1, 0.15) is 39.2 Å². The highest BCUT2D eigenvalue weighted by Gasteiger charge is 2.31. The molecule has 0 bridgehead atoms. The van der Waals surface area contributed by atoms with Crippen molar-refractivity contribution >= 4 is 22.0 Å². The summed E-state index contributed by atoms with van der Waals surface area (Å²) in [6.07, 6.45) is 5.68. The minimum atomic E-state index is -3.44. The minimum absolute atomic E-state index is 0.0285. The molecule has 1 atom stereocenters. The second-order valence-electron chi connectivity index (χ2n) is 6.52. The molecule has 1 aromatic rings. The van der Waals surface area contributed by atoms with Gasteiger partial charge in [0.15, 0.2) is 0 Å². The van der Waals surface area contributed by atoms with E-state index in [2.05, 4.69) is 6.92 Å². The van der Waals surface area contributed by atoms with Gasteiger partial charge in [0.2, 0.25) is 15.9 Å². The molecule has 0 saturated heterocycles. The zero-order valence-electron chi connectivity index (χ0n) is 15.5. The van der Waals surface area contributed by atoms with Gasteiger partial charge in [0, 0.05) is 32.3 Å². The highest BCUT2D eigenvalue weighted by molar-refractivity contribution is 7.89. The van der Waals surface area contributed by atoms with Crippen LogP contribution in [-0.4, -0.2) is 49.7 Å². The molecule has 138 valence electrons. The summed E-state index contributed by atoms with van der Waals surface area (Å²) < 4.78 is 26.3. The number of nitrogens with zero attached hydrogens (tertiary/aromatic N) is 2. The van der Waals surface area contributed by atoms with Crippen molar-refractivity contribution < 1.29 is 13.2 Å². The molecule has 0 aromatic heterocycles. The largest absolute Gasteiger partial charge is 0.339 e. The molecule has 0 spiro atoms. The first-order chi connectivity index (χ1) is 11.8. The number of likely N-dealkylation sites (N-methyl/N-ethyl adjacent to an activating group) is 1. The topological polar surface area (TPSA) is 57.7 Å². The zero-order valence-corrected chi connectivity index (χ0v) is 16.3. The molecule has 0 aliphatic heterocycles. The van der Waals surface area contributed by atoms with E-state index in [1.165, 1.54) is 17.1 Å². The molecule has 1 aromatic carbocycles. The van der Waals surface area contributed by atoms with E-state index < -0.39 is 10.0 Å². The van der Waals surface area contributed by atoms with Crippen LogP contribution in [0.2, 0.25) is 0 Å². The Morgan fingerprint density at radius 2 is 1.76 bits per heavy atom. The van der Waals surface area contributed by atoms with E-state index in [1.54, 1.807) is 41.3 Å². The van der Waals surface area contributed by atoms with E-state index in [0.717, 1.165) is 5.56 Å². The summed E-state index contributed by atoms with van der Waals surface area (Å²) in [5.74, 6) is 0.603. The fourth-order valence-electron chi connectivity index (χ4n) is 2.84. The minimum Gasteiger partial charge on any atom is -0.339 e. The summed E-state index contributed by atoms with van der Waals surface area (Å²) in [7, 11) is -1.61. The van der Waals surface area contributed by atoms with Crippen LogP contribution in [0.4, 0.5) is 0 Å². The standard InChI is InChI=1S/C19H28N2O3S/c1-5-21(6-2)25(23,24)18-12-7-16(8-13-18)9-14-19(22)20(4)15(3)17-10-11-17/h7-9,12-15,17H,5-6,10-11H2,1-4H3/b14-9+. The molecule has 5 nitrogen and oxygen atoms in total. The van der Waals surface area contributed by atoms with Gasteiger partial charge in [-0.3, -0.25) is 4.79 Å². The number of carbonyl (C=O) groups excluding carboxylic acids is 1. The molecule has 1 unspecified atom stereocenters. The molecule has 2 rings (SSSR count). The maximum absolute atomic E-state index is 12.5. The molecule has 25 heavy (non-hydrogen) atoms. The SMILES string of the molecule is CCN(CC)S(=O)(=O)c1ccc(/C=C/C(=O)N(C)C(C)C2CC2)cc1. The van der Waals surface area contributed by atoms with Crippen molar-refractivity contribution in [3.8, 4) is 0 Å². The summed E-state index contributed by atoms with van der Waals surface area (Å²) >= 11 is 0. The molecule has 0 radical (unpaired) electrons. The lowest BCUT2D eigenvalue weighted by molar-refractivity contribution is -0.126. The van der Waals surface area contributed by atoms with Crippen LogP contribution in [0.25, 0.3) is 6.08 Å². The predicted molar refractivity (Wildman–Crippen MR) is 101 cm³/mol. The third kappa shape index (κ3) is 4.70. The van der Waals surface area contributed by atoms with Crippen LogP contribution in [0.3, 0.4) is 0 Å². The van der Waals surface area contributed by atoms with Crippen molar-refractivity contribution in [1.82, 2.24) is 9.21 Å². The van der Waals surface area contributed by atoms with Crippen LogP contribution in [-0.2, 0) is 14.8 Å². The van der Waals surface area contributed by atoms with E-state index >= 15 is 0 Å². The fourth-order valence-corrected chi connectivity index (χ4v) is 4.30. The molecule has 6 heteroatoms. The molecule has 1 amide bonds. The van der Waals surface area contributed by atoms with Crippen molar-refractivity contribution in [1.29, 1.82) is 0 Å². The maximum atomic E-state index is 12.5. The number of sulfonamides is 1. The van der Waals surface area contributed by atoms with Crippen molar-refractivity contribution in [2.45, 2.75) is 44.6 Å². The Bertz CT molecular complexity index is 718. The maximum Gasteiger partial charge on any atom is 0.246 e. The number of benzene rings is 1. The Labute approximate surface area is 151 Å². The van der Waals surface area contributed by atoms with E-state index in [0.29, 0.717) is 19.0 Å². The van der Waals surface area contributed by atoms with Gasteiger partial charge in [0.05, 0.1) is 4.90 Å². The first kappa shape index (κ1) is 19.7.